The molecule has 1 saturated carbocycles. The van der Waals surface area contributed by atoms with Crippen LogP contribution in [0, 0.1) is 13.8 Å². The molecule has 0 aromatic heterocycles. The molecule has 1 N–H and O–H groups in total. The van der Waals surface area contributed by atoms with Crippen LogP contribution in [0.4, 0.5) is 5.69 Å². The summed E-state index contributed by atoms with van der Waals surface area (Å²) in [7, 11) is -2.77. The number of hydrogen-bond acceptors (Lipinski definition) is 5. The number of hydrogen-bond donors (Lipinski definition) is 1. The maximum absolute atomic E-state index is 14.8. The quantitative estimate of drug-likeness (QED) is 0.174. The molecule has 1 atom stereocenters. The molecule has 5 rings (SSSR count). The van der Waals surface area contributed by atoms with E-state index in [4.69, 9.17) is 4.74 Å². The molecular formula is C39H45N3O5S. The lowest BCUT2D eigenvalue weighted by Gasteiger charge is -2.35. The Balaban J connectivity index is 1.58. The fraction of sp³-hybridized carbons (Fsp3) is 0.333. The number of aryl methyl sites for hydroxylation is 2. The van der Waals surface area contributed by atoms with Crippen LogP contribution in [0.25, 0.3) is 0 Å². The minimum absolute atomic E-state index is 0.0347. The van der Waals surface area contributed by atoms with Crippen molar-refractivity contribution in [2.75, 3.05) is 18.0 Å². The zero-order valence-corrected chi connectivity index (χ0v) is 28.8. The number of para-hydroxylation sites is 2. The number of sulfonamides is 1. The van der Waals surface area contributed by atoms with Crippen LogP contribution in [0.3, 0.4) is 0 Å². The predicted molar refractivity (Wildman–Crippen MR) is 189 cm³/mol. The molecule has 0 unspecified atom stereocenters. The van der Waals surface area contributed by atoms with Crippen molar-refractivity contribution >= 4 is 27.5 Å². The summed E-state index contributed by atoms with van der Waals surface area (Å²) in [5.41, 5.74) is 3.90. The molecule has 0 spiro atoms. The molecule has 8 nitrogen and oxygen atoms in total. The van der Waals surface area contributed by atoms with Gasteiger partial charge in [0.05, 0.1) is 17.7 Å². The molecule has 1 aliphatic rings. The molecule has 4 aromatic carbocycles. The third kappa shape index (κ3) is 8.63. The van der Waals surface area contributed by atoms with Gasteiger partial charge in [-0.1, -0.05) is 109 Å². The van der Waals surface area contributed by atoms with Gasteiger partial charge in [-0.3, -0.25) is 13.9 Å². The molecule has 0 radical (unpaired) electrons. The van der Waals surface area contributed by atoms with Gasteiger partial charge in [0.15, 0.2) is 0 Å². The number of amides is 2. The maximum atomic E-state index is 14.8. The van der Waals surface area contributed by atoms with Gasteiger partial charge in [-0.05, 0) is 62.1 Å². The zero-order chi connectivity index (χ0) is 34.1. The fourth-order valence-corrected chi connectivity index (χ4v) is 7.72. The second kappa shape index (κ2) is 16.0. The van der Waals surface area contributed by atoms with Crippen molar-refractivity contribution in [3.8, 4) is 5.75 Å². The van der Waals surface area contributed by atoms with Crippen molar-refractivity contribution in [2.45, 2.75) is 75.9 Å². The van der Waals surface area contributed by atoms with Crippen LogP contribution in [0.1, 0.15) is 54.4 Å². The first-order chi connectivity index (χ1) is 23.2. The third-order valence-corrected chi connectivity index (χ3v) is 10.7. The summed E-state index contributed by atoms with van der Waals surface area (Å²) in [6.45, 7) is 3.45. The Labute approximate surface area is 284 Å². The molecule has 0 aliphatic heterocycles. The van der Waals surface area contributed by atoms with Gasteiger partial charge >= 0.3 is 0 Å². The van der Waals surface area contributed by atoms with E-state index in [1.165, 1.54) is 19.2 Å². The molecule has 2 amide bonds. The lowest BCUT2D eigenvalue weighted by molar-refractivity contribution is -0.140. The smallest absolute Gasteiger partial charge is 0.264 e. The number of methoxy groups -OCH3 is 1. The van der Waals surface area contributed by atoms with Crippen molar-refractivity contribution in [1.82, 2.24) is 10.2 Å². The molecule has 0 bridgehead atoms. The van der Waals surface area contributed by atoms with Crippen LogP contribution in [-0.4, -0.2) is 50.9 Å². The van der Waals surface area contributed by atoms with Crippen molar-refractivity contribution in [3.63, 3.8) is 0 Å². The molecule has 1 fully saturated rings. The van der Waals surface area contributed by atoms with E-state index >= 15 is 0 Å². The minimum atomic E-state index is -4.23. The van der Waals surface area contributed by atoms with Gasteiger partial charge in [-0.25, -0.2) is 8.42 Å². The fourth-order valence-electron chi connectivity index (χ4n) is 6.29. The maximum Gasteiger partial charge on any atom is 0.264 e. The Kier molecular flexibility index (Phi) is 11.5. The monoisotopic (exact) mass is 667 g/mol. The number of rotatable bonds is 13. The third-order valence-electron chi connectivity index (χ3n) is 8.90. The molecular weight excluding hydrogens is 623 g/mol. The standard InChI is InChI=1S/C39H45N3O5S/c1-29-21-23-34(24-22-29)48(45,46)42(35-19-10-11-20-37(35)47-3)28-38(43)41(27-32-16-12-13-30(2)25-32)36(26-31-14-6-4-7-15-31)39(44)40-33-17-8-5-9-18-33/h4,6-7,10-16,19-25,33,36H,5,8-9,17-18,26-28H2,1-3H3,(H,40,44)/t36-/m1/s1. The van der Waals surface area contributed by atoms with Crippen molar-refractivity contribution in [3.05, 3.63) is 125 Å². The van der Waals surface area contributed by atoms with E-state index in [0.717, 1.165) is 58.7 Å². The van der Waals surface area contributed by atoms with Gasteiger partial charge in [-0.15, -0.1) is 0 Å². The van der Waals surface area contributed by atoms with Crippen molar-refractivity contribution in [1.29, 1.82) is 0 Å². The second-order valence-corrected chi connectivity index (χ2v) is 14.4. The lowest BCUT2D eigenvalue weighted by atomic mass is 9.94. The number of nitrogens with one attached hydrogen (secondary N) is 1. The second-order valence-electron chi connectivity index (χ2n) is 12.6. The van der Waals surface area contributed by atoms with Gasteiger partial charge in [0.1, 0.15) is 18.3 Å². The van der Waals surface area contributed by atoms with E-state index in [2.05, 4.69) is 5.32 Å². The van der Waals surface area contributed by atoms with Crippen LogP contribution in [0.2, 0.25) is 0 Å². The van der Waals surface area contributed by atoms with Crippen molar-refractivity contribution < 1.29 is 22.7 Å². The van der Waals surface area contributed by atoms with Gasteiger partial charge in [0.25, 0.3) is 10.0 Å². The van der Waals surface area contributed by atoms with Crippen LogP contribution in [0.15, 0.2) is 108 Å². The van der Waals surface area contributed by atoms with E-state index in [0.29, 0.717) is 5.75 Å². The predicted octanol–water partition coefficient (Wildman–Crippen LogP) is 6.60. The summed E-state index contributed by atoms with van der Waals surface area (Å²) in [5.74, 6) is -0.433. The summed E-state index contributed by atoms with van der Waals surface area (Å²) in [5, 5.41) is 3.25. The Bertz CT molecular complexity index is 1790. The number of carbonyl (C=O) groups excluding carboxylic acids is 2. The molecule has 252 valence electrons. The summed E-state index contributed by atoms with van der Waals surface area (Å²) >= 11 is 0. The van der Waals surface area contributed by atoms with Crippen LogP contribution >= 0.6 is 0 Å². The highest BCUT2D eigenvalue weighted by molar-refractivity contribution is 7.92. The molecule has 1 aliphatic carbocycles. The highest BCUT2D eigenvalue weighted by Crippen LogP contribution is 2.33. The summed E-state index contributed by atoms with van der Waals surface area (Å²) in [6, 6.07) is 29.9. The molecule has 48 heavy (non-hydrogen) atoms. The zero-order valence-electron chi connectivity index (χ0n) is 28.0. The highest BCUT2D eigenvalue weighted by Gasteiger charge is 2.36. The van der Waals surface area contributed by atoms with E-state index in [1.807, 2.05) is 68.4 Å². The lowest BCUT2D eigenvalue weighted by Crippen LogP contribution is -2.55. The van der Waals surface area contributed by atoms with Crippen LogP contribution < -0.4 is 14.4 Å². The van der Waals surface area contributed by atoms with Gasteiger partial charge in [0, 0.05) is 19.0 Å². The Morgan fingerprint density at radius 1 is 0.812 bits per heavy atom. The first kappa shape index (κ1) is 34.7. The Hall–Kier alpha value is -4.63. The largest absolute Gasteiger partial charge is 0.495 e. The Morgan fingerprint density at radius 3 is 2.17 bits per heavy atom. The highest BCUT2D eigenvalue weighted by atomic mass is 32.2. The molecule has 0 heterocycles. The average molecular weight is 668 g/mol. The van der Waals surface area contributed by atoms with E-state index in [1.54, 1.807) is 41.3 Å². The molecule has 0 saturated heterocycles. The summed E-state index contributed by atoms with van der Waals surface area (Å²) < 4.78 is 35.4. The van der Waals surface area contributed by atoms with E-state index in [9.17, 15) is 18.0 Å². The topological polar surface area (TPSA) is 96.0 Å². The number of carbonyl (C=O) groups is 2. The van der Waals surface area contributed by atoms with Gasteiger partial charge in [-0.2, -0.15) is 0 Å². The van der Waals surface area contributed by atoms with E-state index in [-0.39, 0.29) is 35.5 Å². The van der Waals surface area contributed by atoms with Crippen LogP contribution in [0.5, 0.6) is 5.75 Å². The first-order valence-corrected chi connectivity index (χ1v) is 18.0. The Morgan fingerprint density at radius 2 is 1.48 bits per heavy atom. The number of anilines is 1. The molecule has 9 heteroatoms. The van der Waals surface area contributed by atoms with Crippen molar-refractivity contribution in [2.24, 2.45) is 0 Å². The van der Waals surface area contributed by atoms with Gasteiger partial charge < -0.3 is 15.0 Å². The number of benzene rings is 4. The normalized spacial score (nSPS) is 14.1. The number of ether oxygens (including phenoxy) is 1. The first-order valence-electron chi connectivity index (χ1n) is 16.6. The molecule has 4 aromatic rings. The summed E-state index contributed by atoms with van der Waals surface area (Å²) in [4.78, 5) is 30.6. The van der Waals surface area contributed by atoms with Gasteiger partial charge in [0.2, 0.25) is 11.8 Å². The van der Waals surface area contributed by atoms with Crippen LogP contribution in [-0.2, 0) is 32.6 Å². The minimum Gasteiger partial charge on any atom is -0.495 e. The van der Waals surface area contributed by atoms with E-state index < -0.39 is 28.5 Å². The summed E-state index contributed by atoms with van der Waals surface area (Å²) in [6.07, 6.45) is 5.30. The average Bonchev–Trinajstić information content (AvgIpc) is 3.09. The number of nitrogens with zero attached hydrogens (tertiary/aromatic N) is 2. The SMILES string of the molecule is COc1ccccc1N(CC(=O)N(Cc1cccc(C)c1)[C@H](Cc1ccccc1)C(=O)NC1CCCCC1)S(=O)(=O)c1ccc(C)cc1.